The molecule has 12 heavy (non-hydrogen) atoms. The van der Waals surface area contributed by atoms with Crippen molar-refractivity contribution < 1.29 is 4.79 Å². The number of hydrogen-bond acceptors (Lipinski definition) is 2. The van der Waals surface area contributed by atoms with E-state index in [0.29, 0.717) is 6.54 Å². The molecule has 1 N–H and O–H groups in total. The number of hydrogen-bond donors (Lipinski definition) is 1. The van der Waals surface area contributed by atoms with Crippen molar-refractivity contribution in [3.63, 3.8) is 0 Å². The second-order valence-corrected chi connectivity index (χ2v) is 2.88. The van der Waals surface area contributed by atoms with E-state index < -0.39 is 5.92 Å². The molecule has 0 radical (unpaired) electrons. The summed E-state index contributed by atoms with van der Waals surface area (Å²) in [6, 6.07) is 1.96. The summed E-state index contributed by atoms with van der Waals surface area (Å²) in [5, 5.41) is 11.2. The fraction of sp³-hybridized carbons (Fsp3) is 0.556. The van der Waals surface area contributed by atoms with Crippen molar-refractivity contribution in [3.8, 4) is 6.07 Å². The van der Waals surface area contributed by atoms with Gasteiger partial charge in [0.25, 0.3) is 0 Å². The van der Waals surface area contributed by atoms with Gasteiger partial charge in [-0.25, -0.2) is 0 Å². The van der Waals surface area contributed by atoms with E-state index in [9.17, 15) is 4.79 Å². The number of nitriles is 1. The Morgan fingerprint density at radius 1 is 1.75 bits per heavy atom. The maximum atomic E-state index is 11.2. The van der Waals surface area contributed by atoms with Gasteiger partial charge in [0.15, 0.2) is 0 Å². The highest BCUT2D eigenvalue weighted by atomic mass is 16.1. The minimum absolute atomic E-state index is 0.0554. The number of carbonyl (C=O) groups is 1. The van der Waals surface area contributed by atoms with Crippen LogP contribution in [0.1, 0.15) is 13.8 Å². The van der Waals surface area contributed by atoms with Crippen LogP contribution in [-0.2, 0) is 4.79 Å². The smallest absolute Gasteiger partial charge is 0.237 e. The van der Waals surface area contributed by atoms with E-state index in [1.807, 2.05) is 19.9 Å². The van der Waals surface area contributed by atoms with Crippen LogP contribution in [0.3, 0.4) is 0 Å². The highest BCUT2D eigenvalue weighted by molar-refractivity contribution is 5.81. The van der Waals surface area contributed by atoms with Crippen LogP contribution in [0.5, 0.6) is 0 Å². The molecule has 0 aliphatic carbocycles. The molecule has 0 fully saturated rings. The van der Waals surface area contributed by atoms with Crippen LogP contribution in [0, 0.1) is 23.2 Å². The van der Waals surface area contributed by atoms with E-state index in [-0.39, 0.29) is 11.8 Å². The summed E-state index contributed by atoms with van der Waals surface area (Å²) < 4.78 is 0. The van der Waals surface area contributed by atoms with Gasteiger partial charge in [0, 0.05) is 6.54 Å². The molecule has 0 bridgehead atoms. The van der Waals surface area contributed by atoms with E-state index in [4.69, 9.17) is 5.26 Å². The lowest BCUT2D eigenvalue weighted by atomic mass is 9.97. The summed E-state index contributed by atoms with van der Waals surface area (Å²) in [7, 11) is 0. The number of nitrogens with one attached hydrogen (secondary N) is 1. The van der Waals surface area contributed by atoms with E-state index in [2.05, 4.69) is 11.9 Å². The van der Waals surface area contributed by atoms with Gasteiger partial charge < -0.3 is 5.32 Å². The quantitative estimate of drug-likeness (QED) is 0.635. The van der Waals surface area contributed by atoms with Crippen molar-refractivity contribution in [1.29, 1.82) is 5.26 Å². The maximum Gasteiger partial charge on any atom is 0.237 e. The van der Waals surface area contributed by atoms with Gasteiger partial charge in [-0.1, -0.05) is 19.9 Å². The standard InChI is InChI=1S/C9H14N2O/c1-4-5-11-9(12)8(6-10)7(2)3/h4,7-8H,1,5H2,2-3H3,(H,11,12). The fourth-order valence-corrected chi connectivity index (χ4v) is 0.793. The van der Waals surface area contributed by atoms with Gasteiger partial charge in [0.05, 0.1) is 6.07 Å². The molecule has 3 heteroatoms. The predicted molar refractivity (Wildman–Crippen MR) is 47.1 cm³/mol. The molecule has 3 nitrogen and oxygen atoms in total. The first-order chi connectivity index (χ1) is 5.63. The van der Waals surface area contributed by atoms with Crippen molar-refractivity contribution in [1.82, 2.24) is 5.32 Å². The number of rotatable bonds is 4. The minimum Gasteiger partial charge on any atom is -0.351 e. The Bertz CT molecular complexity index is 203. The minimum atomic E-state index is -0.551. The van der Waals surface area contributed by atoms with Gasteiger partial charge in [0.2, 0.25) is 5.91 Å². The van der Waals surface area contributed by atoms with Gasteiger partial charge in [-0.2, -0.15) is 5.26 Å². The summed E-state index contributed by atoms with van der Waals surface area (Å²) in [6.07, 6.45) is 1.59. The molecule has 0 saturated carbocycles. The third-order valence-electron chi connectivity index (χ3n) is 1.51. The van der Waals surface area contributed by atoms with E-state index in [0.717, 1.165) is 0 Å². The molecular weight excluding hydrogens is 152 g/mol. The Balaban J connectivity index is 4.06. The zero-order valence-electron chi connectivity index (χ0n) is 7.50. The molecule has 0 spiro atoms. The molecule has 0 aromatic heterocycles. The molecule has 0 aromatic rings. The summed E-state index contributed by atoms with van der Waals surface area (Å²) >= 11 is 0. The summed E-state index contributed by atoms with van der Waals surface area (Å²) in [5.41, 5.74) is 0. The first-order valence-corrected chi connectivity index (χ1v) is 3.91. The van der Waals surface area contributed by atoms with Crippen molar-refractivity contribution >= 4 is 5.91 Å². The second kappa shape index (κ2) is 5.36. The van der Waals surface area contributed by atoms with Crippen molar-refractivity contribution in [3.05, 3.63) is 12.7 Å². The average molecular weight is 166 g/mol. The summed E-state index contributed by atoms with van der Waals surface area (Å²) in [6.45, 7) is 7.58. The van der Waals surface area contributed by atoms with Crippen LogP contribution in [-0.4, -0.2) is 12.5 Å². The van der Waals surface area contributed by atoms with Crippen LogP contribution >= 0.6 is 0 Å². The van der Waals surface area contributed by atoms with Gasteiger partial charge in [-0.3, -0.25) is 4.79 Å². The van der Waals surface area contributed by atoms with E-state index in [1.165, 1.54) is 0 Å². The van der Waals surface area contributed by atoms with Crippen molar-refractivity contribution in [2.24, 2.45) is 11.8 Å². The predicted octanol–water partition coefficient (Wildman–Crippen LogP) is 1.08. The lowest BCUT2D eigenvalue weighted by molar-refractivity contribution is -0.124. The largest absolute Gasteiger partial charge is 0.351 e. The first kappa shape index (κ1) is 10.7. The molecular formula is C9H14N2O. The van der Waals surface area contributed by atoms with E-state index in [1.54, 1.807) is 6.08 Å². The lowest BCUT2D eigenvalue weighted by Crippen LogP contribution is -2.32. The monoisotopic (exact) mass is 166 g/mol. The first-order valence-electron chi connectivity index (χ1n) is 3.91. The van der Waals surface area contributed by atoms with Gasteiger partial charge in [-0.15, -0.1) is 6.58 Å². The fourth-order valence-electron chi connectivity index (χ4n) is 0.793. The molecule has 0 aliphatic heterocycles. The summed E-state index contributed by atoms with van der Waals surface area (Å²) in [4.78, 5) is 11.2. The van der Waals surface area contributed by atoms with Gasteiger partial charge >= 0.3 is 0 Å². The molecule has 0 aromatic carbocycles. The topological polar surface area (TPSA) is 52.9 Å². The lowest BCUT2D eigenvalue weighted by Gasteiger charge is -2.11. The SMILES string of the molecule is C=CCNC(=O)C(C#N)C(C)C. The molecule has 0 heterocycles. The molecule has 0 aliphatic rings. The van der Waals surface area contributed by atoms with Gasteiger partial charge in [-0.05, 0) is 5.92 Å². The highest BCUT2D eigenvalue weighted by Crippen LogP contribution is 2.08. The zero-order valence-corrected chi connectivity index (χ0v) is 7.50. The number of amides is 1. The molecule has 1 amide bonds. The third-order valence-corrected chi connectivity index (χ3v) is 1.51. The van der Waals surface area contributed by atoms with Crippen molar-refractivity contribution in [2.75, 3.05) is 6.54 Å². The number of nitrogens with zero attached hydrogens (tertiary/aromatic N) is 1. The van der Waals surface area contributed by atoms with Crippen LogP contribution in [0.25, 0.3) is 0 Å². The van der Waals surface area contributed by atoms with Crippen LogP contribution in [0.15, 0.2) is 12.7 Å². The molecule has 66 valence electrons. The Hall–Kier alpha value is -1.30. The Labute approximate surface area is 73.1 Å². The van der Waals surface area contributed by atoms with Crippen LogP contribution in [0.2, 0.25) is 0 Å². The molecule has 1 atom stereocenters. The van der Waals surface area contributed by atoms with Crippen LogP contribution < -0.4 is 5.32 Å². The number of carbonyl (C=O) groups excluding carboxylic acids is 1. The Morgan fingerprint density at radius 3 is 2.67 bits per heavy atom. The second-order valence-electron chi connectivity index (χ2n) is 2.88. The Kier molecular flexibility index (Phi) is 4.78. The normalized spacial score (nSPS) is 11.8. The molecule has 0 saturated heterocycles. The van der Waals surface area contributed by atoms with Crippen molar-refractivity contribution in [2.45, 2.75) is 13.8 Å². The molecule has 1 unspecified atom stereocenters. The van der Waals surface area contributed by atoms with E-state index >= 15 is 0 Å². The molecule has 0 rings (SSSR count). The average Bonchev–Trinajstić information content (AvgIpc) is 2.01. The zero-order chi connectivity index (χ0) is 9.56. The van der Waals surface area contributed by atoms with Gasteiger partial charge in [0.1, 0.15) is 5.92 Å². The van der Waals surface area contributed by atoms with Crippen LogP contribution in [0.4, 0.5) is 0 Å². The Morgan fingerprint density at radius 2 is 2.33 bits per heavy atom. The maximum absolute atomic E-state index is 11.2. The third kappa shape index (κ3) is 3.20. The highest BCUT2D eigenvalue weighted by Gasteiger charge is 2.20. The summed E-state index contributed by atoms with van der Waals surface area (Å²) in [5.74, 6) is -0.711.